The molecule has 2 aliphatic rings. The molecule has 0 bridgehead atoms. The largest absolute Gasteiger partial charge is 0.334 e. The summed E-state index contributed by atoms with van der Waals surface area (Å²) >= 11 is 1.53. The molecule has 154 valence electrons. The topological polar surface area (TPSA) is 40.6 Å². The Labute approximate surface area is 177 Å². The van der Waals surface area contributed by atoms with Crippen molar-refractivity contribution >= 4 is 23.0 Å². The Balaban J connectivity index is 1.44. The van der Waals surface area contributed by atoms with Gasteiger partial charge in [-0.3, -0.25) is 9.59 Å². The molecule has 5 heteroatoms. The Morgan fingerprint density at radius 2 is 1.72 bits per heavy atom. The van der Waals surface area contributed by atoms with Gasteiger partial charge in [0, 0.05) is 35.5 Å². The monoisotopic (exact) mass is 410 g/mol. The first-order valence-electron chi connectivity index (χ1n) is 10.8. The molecule has 2 fully saturated rings. The van der Waals surface area contributed by atoms with Crippen LogP contribution in [-0.4, -0.2) is 53.7 Å². The molecule has 1 atom stereocenters. The SMILES string of the molecule is CC(C)C(=O)c1ccc(-c2ccc(C(=O)N3CCC[C@H]3CN3CCCC3)cc2)s1. The first-order chi connectivity index (χ1) is 14.0. The maximum absolute atomic E-state index is 13.1. The van der Waals surface area contributed by atoms with Crippen LogP contribution in [0.25, 0.3) is 10.4 Å². The minimum Gasteiger partial charge on any atom is -0.334 e. The van der Waals surface area contributed by atoms with Gasteiger partial charge in [0.25, 0.3) is 5.91 Å². The highest BCUT2D eigenvalue weighted by Gasteiger charge is 2.31. The molecule has 0 spiro atoms. The summed E-state index contributed by atoms with van der Waals surface area (Å²) < 4.78 is 0. The minimum atomic E-state index is 0.00969. The summed E-state index contributed by atoms with van der Waals surface area (Å²) in [6.45, 7) is 8.09. The zero-order chi connectivity index (χ0) is 20.4. The van der Waals surface area contributed by atoms with Gasteiger partial charge in [0.05, 0.1) is 4.88 Å². The molecule has 29 heavy (non-hydrogen) atoms. The van der Waals surface area contributed by atoms with Crippen LogP contribution in [0.1, 0.15) is 59.6 Å². The average molecular weight is 411 g/mol. The van der Waals surface area contributed by atoms with Crippen LogP contribution >= 0.6 is 11.3 Å². The number of carbonyl (C=O) groups excluding carboxylic acids is 2. The third-order valence-electron chi connectivity index (χ3n) is 6.10. The maximum Gasteiger partial charge on any atom is 0.254 e. The van der Waals surface area contributed by atoms with E-state index in [1.165, 1.54) is 37.3 Å². The molecule has 1 amide bonds. The fraction of sp³-hybridized carbons (Fsp3) is 0.500. The Bertz CT molecular complexity index is 865. The van der Waals surface area contributed by atoms with Gasteiger partial charge in [0.15, 0.2) is 5.78 Å². The first kappa shape index (κ1) is 20.3. The summed E-state index contributed by atoms with van der Waals surface area (Å²) in [4.78, 5) is 31.8. The number of Topliss-reactive ketones (excluding diaryl/α,β-unsaturated/α-hetero) is 1. The minimum absolute atomic E-state index is 0.00969. The number of ketones is 1. The van der Waals surface area contributed by atoms with Crippen molar-refractivity contribution in [2.75, 3.05) is 26.2 Å². The maximum atomic E-state index is 13.1. The molecule has 4 rings (SSSR count). The van der Waals surface area contributed by atoms with E-state index in [9.17, 15) is 9.59 Å². The van der Waals surface area contributed by atoms with Gasteiger partial charge in [0.2, 0.25) is 0 Å². The Kier molecular flexibility index (Phi) is 6.16. The third kappa shape index (κ3) is 4.46. The molecular weight excluding hydrogens is 380 g/mol. The highest BCUT2D eigenvalue weighted by atomic mass is 32.1. The van der Waals surface area contributed by atoms with E-state index in [2.05, 4.69) is 9.80 Å². The normalized spacial score (nSPS) is 20.0. The van der Waals surface area contributed by atoms with E-state index >= 15 is 0 Å². The number of hydrogen-bond acceptors (Lipinski definition) is 4. The van der Waals surface area contributed by atoms with E-state index in [0.717, 1.165) is 46.8 Å². The number of rotatable bonds is 6. The Morgan fingerprint density at radius 1 is 1.00 bits per heavy atom. The first-order valence-corrected chi connectivity index (χ1v) is 11.6. The molecule has 1 aromatic heterocycles. The van der Waals surface area contributed by atoms with Gasteiger partial charge in [0.1, 0.15) is 0 Å². The van der Waals surface area contributed by atoms with Crippen LogP contribution < -0.4 is 0 Å². The Morgan fingerprint density at radius 3 is 2.41 bits per heavy atom. The van der Waals surface area contributed by atoms with E-state index in [-0.39, 0.29) is 17.6 Å². The van der Waals surface area contributed by atoms with Gasteiger partial charge >= 0.3 is 0 Å². The van der Waals surface area contributed by atoms with Gasteiger partial charge in [-0.15, -0.1) is 11.3 Å². The van der Waals surface area contributed by atoms with Gasteiger partial charge in [-0.25, -0.2) is 0 Å². The van der Waals surface area contributed by atoms with Crippen LogP contribution in [0.4, 0.5) is 0 Å². The van der Waals surface area contributed by atoms with Crippen LogP contribution in [0.3, 0.4) is 0 Å². The number of likely N-dealkylation sites (tertiary alicyclic amines) is 2. The predicted molar refractivity (Wildman–Crippen MR) is 119 cm³/mol. The van der Waals surface area contributed by atoms with Gasteiger partial charge in [-0.2, -0.15) is 0 Å². The van der Waals surface area contributed by atoms with Crippen LogP contribution in [0.5, 0.6) is 0 Å². The van der Waals surface area contributed by atoms with Crippen LogP contribution in [0, 0.1) is 5.92 Å². The standard InChI is InChI=1S/C24H30N2O2S/c1-17(2)23(27)22-12-11-21(29-22)18-7-9-19(10-8-18)24(28)26-15-5-6-20(26)16-25-13-3-4-14-25/h7-12,17,20H,3-6,13-16H2,1-2H3/t20-/m0/s1. The quantitative estimate of drug-likeness (QED) is 0.633. The van der Waals surface area contributed by atoms with E-state index < -0.39 is 0 Å². The summed E-state index contributed by atoms with van der Waals surface area (Å²) in [6, 6.07) is 12.2. The van der Waals surface area contributed by atoms with E-state index in [4.69, 9.17) is 0 Å². The summed E-state index contributed by atoms with van der Waals surface area (Å²) in [5.41, 5.74) is 1.82. The molecule has 3 heterocycles. The zero-order valence-electron chi connectivity index (χ0n) is 17.4. The van der Waals surface area contributed by atoms with Crippen molar-refractivity contribution in [2.24, 2.45) is 5.92 Å². The number of benzene rings is 1. The Hall–Kier alpha value is -1.98. The molecule has 2 aromatic rings. The smallest absolute Gasteiger partial charge is 0.254 e. The lowest BCUT2D eigenvalue weighted by molar-refractivity contribution is 0.0708. The van der Waals surface area contributed by atoms with Crippen LogP contribution in [-0.2, 0) is 0 Å². The summed E-state index contributed by atoms with van der Waals surface area (Å²) in [5.74, 6) is 0.349. The summed E-state index contributed by atoms with van der Waals surface area (Å²) in [5, 5.41) is 0. The number of nitrogens with zero attached hydrogens (tertiary/aromatic N) is 2. The zero-order valence-corrected chi connectivity index (χ0v) is 18.2. The van der Waals surface area contributed by atoms with Crippen LogP contribution in [0.15, 0.2) is 36.4 Å². The number of carbonyl (C=O) groups is 2. The number of thiophene rings is 1. The number of amides is 1. The summed E-state index contributed by atoms with van der Waals surface area (Å²) in [6.07, 6.45) is 4.79. The van der Waals surface area contributed by atoms with Crippen molar-refractivity contribution in [2.45, 2.75) is 45.6 Å². The molecular formula is C24H30N2O2S. The van der Waals surface area contributed by atoms with E-state index in [1.54, 1.807) is 0 Å². The van der Waals surface area contributed by atoms with Crippen molar-refractivity contribution in [3.63, 3.8) is 0 Å². The second kappa shape index (κ2) is 8.80. The van der Waals surface area contributed by atoms with Crippen molar-refractivity contribution < 1.29 is 9.59 Å². The lowest BCUT2D eigenvalue weighted by Gasteiger charge is -2.28. The molecule has 0 N–H and O–H groups in total. The lowest BCUT2D eigenvalue weighted by atomic mass is 10.1. The van der Waals surface area contributed by atoms with Crippen molar-refractivity contribution in [3.8, 4) is 10.4 Å². The molecule has 0 radical (unpaired) electrons. The van der Waals surface area contributed by atoms with Crippen molar-refractivity contribution in [1.29, 1.82) is 0 Å². The fourth-order valence-corrected chi connectivity index (χ4v) is 5.51. The molecule has 2 saturated heterocycles. The second-order valence-corrected chi connectivity index (χ2v) is 9.65. The fourth-order valence-electron chi connectivity index (χ4n) is 4.41. The van der Waals surface area contributed by atoms with Crippen LogP contribution in [0.2, 0.25) is 0 Å². The number of hydrogen-bond donors (Lipinski definition) is 0. The molecule has 0 saturated carbocycles. The molecule has 1 aromatic carbocycles. The lowest BCUT2D eigenvalue weighted by Crippen LogP contribution is -2.42. The predicted octanol–water partition coefficient (Wildman–Crippen LogP) is 4.95. The molecule has 4 nitrogen and oxygen atoms in total. The molecule has 0 aliphatic carbocycles. The third-order valence-corrected chi connectivity index (χ3v) is 7.24. The summed E-state index contributed by atoms with van der Waals surface area (Å²) in [7, 11) is 0. The van der Waals surface area contributed by atoms with E-state index in [1.807, 2.05) is 50.2 Å². The average Bonchev–Trinajstić information content (AvgIpc) is 3.49. The van der Waals surface area contributed by atoms with Crippen molar-refractivity contribution in [1.82, 2.24) is 9.80 Å². The van der Waals surface area contributed by atoms with Gasteiger partial charge in [-0.05, 0) is 68.6 Å². The molecule has 0 unspecified atom stereocenters. The second-order valence-electron chi connectivity index (χ2n) is 8.56. The van der Waals surface area contributed by atoms with Gasteiger partial charge in [-0.1, -0.05) is 26.0 Å². The highest BCUT2D eigenvalue weighted by molar-refractivity contribution is 7.17. The van der Waals surface area contributed by atoms with Crippen molar-refractivity contribution in [3.05, 3.63) is 46.8 Å². The van der Waals surface area contributed by atoms with Gasteiger partial charge < -0.3 is 9.80 Å². The highest BCUT2D eigenvalue weighted by Crippen LogP contribution is 2.30. The molecule has 2 aliphatic heterocycles. The van der Waals surface area contributed by atoms with E-state index in [0.29, 0.717) is 6.04 Å².